The molecule has 8 nitrogen and oxygen atoms in total. The average Bonchev–Trinajstić information content (AvgIpc) is 3.26. The van der Waals surface area contributed by atoms with E-state index >= 15 is 0 Å². The van der Waals surface area contributed by atoms with Crippen molar-refractivity contribution in [3.05, 3.63) is 65.2 Å². The maximum atomic E-state index is 10.6. The SMILES string of the molecule is Cc1c(C(=O)O)cccc1C(=O)O.Cl.c1ccc(-c2nsc(N3CCNCC3)n2)cc1. The van der Waals surface area contributed by atoms with E-state index in [0.717, 1.165) is 42.7 Å². The van der Waals surface area contributed by atoms with Crippen LogP contribution in [0, 0.1) is 6.92 Å². The highest BCUT2D eigenvalue weighted by Gasteiger charge is 2.15. The number of anilines is 1. The molecule has 2 aromatic carbocycles. The zero-order valence-corrected chi connectivity index (χ0v) is 18.4. The lowest BCUT2D eigenvalue weighted by Crippen LogP contribution is -2.43. The summed E-state index contributed by atoms with van der Waals surface area (Å²) >= 11 is 1.49. The first-order valence-corrected chi connectivity index (χ1v) is 10.2. The number of nitrogens with zero attached hydrogens (tertiary/aromatic N) is 3. The third kappa shape index (κ3) is 6.24. The highest BCUT2D eigenvalue weighted by molar-refractivity contribution is 7.09. The van der Waals surface area contributed by atoms with Crippen molar-refractivity contribution in [2.24, 2.45) is 0 Å². The highest BCUT2D eigenvalue weighted by atomic mass is 35.5. The fourth-order valence-electron chi connectivity index (χ4n) is 3.00. The van der Waals surface area contributed by atoms with E-state index in [9.17, 15) is 9.59 Å². The molecule has 0 spiro atoms. The summed E-state index contributed by atoms with van der Waals surface area (Å²) in [5.74, 6) is -1.38. The summed E-state index contributed by atoms with van der Waals surface area (Å²) in [6.07, 6.45) is 0. The zero-order chi connectivity index (χ0) is 21.5. The van der Waals surface area contributed by atoms with E-state index < -0.39 is 11.9 Å². The van der Waals surface area contributed by atoms with Gasteiger partial charge in [0.2, 0.25) is 5.13 Å². The number of rotatable bonds is 4. The van der Waals surface area contributed by atoms with Crippen molar-refractivity contribution >= 4 is 41.0 Å². The molecule has 0 bridgehead atoms. The van der Waals surface area contributed by atoms with E-state index in [-0.39, 0.29) is 29.1 Å². The van der Waals surface area contributed by atoms with Gasteiger partial charge in [-0.25, -0.2) is 9.59 Å². The third-order valence-corrected chi connectivity index (χ3v) is 5.41. The number of halogens is 1. The van der Waals surface area contributed by atoms with Crippen LogP contribution in [0.25, 0.3) is 11.4 Å². The second-order valence-corrected chi connectivity index (χ2v) is 7.32. The van der Waals surface area contributed by atoms with Gasteiger partial charge in [0.15, 0.2) is 5.82 Å². The normalized spacial score (nSPS) is 12.9. The van der Waals surface area contributed by atoms with E-state index in [1.807, 2.05) is 30.3 Å². The molecule has 0 saturated carbocycles. The Kier molecular flexibility index (Phi) is 8.92. The molecule has 1 aromatic heterocycles. The fourth-order valence-corrected chi connectivity index (χ4v) is 3.74. The second-order valence-electron chi connectivity index (χ2n) is 6.59. The molecule has 1 aliphatic heterocycles. The van der Waals surface area contributed by atoms with Crippen LogP contribution in [-0.2, 0) is 0 Å². The predicted octanol–water partition coefficient (Wildman–Crippen LogP) is 3.43. The number of hydrogen-bond acceptors (Lipinski definition) is 7. The first-order valence-electron chi connectivity index (χ1n) is 9.38. The second kappa shape index (κ2) is 11.4. The fraction of sp³-hybridized carbons (Fsp3) is 0.238. The summed E-state index contributed by atoms with van der Waals surface area (Å²) in [5.41, 5.74) is 1.42. The van der Waals surface area contributed by atoms with E-state index in [1.165, 1.54) is 36.7 Å². The molecule has 31 heavy (non-hydrogen) atoms. The standard InChI is InChI=1S/C12H14N4S.C9H8O4.ClH/c1-2-4-10(5-3-1)11-14-12(17-15-11)16-8-6-13-7-9-16;1-5-6(8(10)11)3-2-4-7(5)9(12)13;/h1-5,13H,6-9H2;2-4H,1H3,(H,10,11)(H,12,13);1H. The van der Waals surface area contributed by atoms with E-state index in [4.69, 9.17) is 10.2 Å². The molecule has 0 radical (unpaired) electrons. The van der Waals surface area contributed by atoms with Crippen LogP contribution in [0.1, 0.15) is 26.3 Å². The highest BCUT2D eigenvalue weighted by Crippen LogP contribution is 2.23. The summed E-state index contributed by atoms with van der Waals surface area (Å²) in [6, 6.07) is 14.3. The largest absolute Gasteiger partial charge is 0.478 e. The van der Waals surface area contributed by atoms with Crippen molar-refractivity contribution in [2.75, 3.05) is 31.1 Å². The Balaban J connectivity index is 0.000000222. The quantitative estimate of drug-likeness (QED) is 0.540. The van der Waals surface area contributed by atoms with Gasteiger partial charge in [0.05, 0.1) is 11.1 Å². The lowest BCUT2D eigenvalue weighted by Gasteiger charge is -2.26. The molecule has 0 amide bonds. The Bertz CT molecular complexity index is 991. The molecule has 2 heterocycles. The Morgan fingerprint density at radius 1 is 0.968 bits per heavy atom. The molecule has 0 atom stereocenters. The molecule has 3 N–H and O–H groups in total. The predicted molar refractivity (Wildman–Crippen MR) is 123 cm³/mol. The van der Waals surface area contributed by atoms with E-state index in [0.29, 0.717) is 0 Å². The summed E-state index contributed by atoms with van der Waals surface area (Å²) < 4.78 is 4.43. The van der Waals surface area contributed by atoms with Crippen LogP contribution in [0.3, 0.4) is 0 Å². The lowest BCUT2D eigenvalue weighted by atomic mass is 10.0. The minimum Gasteiger partial charge on any atom is -0.478 e. The molecule has 1 saturated heterocycles. The van der Waals surface area contributed by atoms with Crippen molar-refractivity contribution in [1.82, 2.24) is 14.7 Å². The van der Waals surface area contributed by atoms with Gasteiger partial charge in [0.1, 0.15) is 0 Å². The molecule has 10 heteroatoms. The van der Waals surface area contributed by atoms with Crippen LogP contribution in [0.5, 0.6) is 0 Å². The maximum Gasteiger partial charge on any atom is 0.335 e. The van der Waals surface area contributed by atoms with Crippen molar-refractivity contribution in [2.45, 2.75) is 6.92 Å². The minimum atomic E-state index is -1.11. The van der Waals surface area contributed by atoms with Crippen LogP contribution < -0.4 is 10.2 Å². The maximum absolute atomic E-state index is 10.6. The van der Waals surface area contributed by atoms with Gasteiger partial charge in [-0.3, -0.25) is 0 Å². The van der Waals surface area contributed by atoms with Gasteiger partial charge < -0.3 is 20.4 Å². The van der Waals surface area contributed by atoms with Gasteiger partial charge >= 0.3 is 11.9 Å². The van der Waals surface area contributed by atoms with E-state index in [2.05, 4.69) is 19.6 Å². The molecule has 3 aromatic rings. The number of aromatic carboxylic acids is 2. The molecular weight excluding hydrogens is 440 g/mol. The number of benzene rings is 2. The Morgan fingerprint density at radius 3 is 2.10 bits per heavy atom. The minimum absolute atomic E-state index is 0. The van der Waals surface area contributed by atoms with Crippen molar-refractivity contribution in [3.8, 4) is 11.4 Å². The number of piperazine rings is 1. The van der Waals surface area contributed by atoms with Crippen molar-refractivity contribution < 1.29 is 19.8 Å². The van der Waals surface area contributed by atoms with Crippen LogP contribution in [-0.4, -0.2) is 57.7 Å². The first kappa shape index (κ1) is 24.3. The average molecular weight is 463 g/mol. The van der Waals surface area contributed by atoms with Gasteiger partial charge in [-0.2, -0.15) is 9.36 Å². The molecule has 0 unspecified atom stereocenters. The van der Waals surface area contributed by atoms with E-state index in [1.54, 1.807) is 0 Å². The van der Waals surface area contributed by atoms with Crippen LogP contribution in [0.15, 0.2) is 48.5 Å². The summed E-state index contributed by atoms with van der Waals surface area (Å²) in [6.45, 7) is 5.57. The number of carboxylic acids is 2. The molecule has 1 aliphatic rings. The molecule has 0 aliphatic carbocycles. The smallest absolute Gasteiger partial charge is 0.335 e. The summed E-state index contributed by atoms with van der Waals surface area (Å²) in [5, 5.41) is 21.7. The number of aromatic nitrogens is 2. The van der Waals surface area contributed by atoms with Gasteiger partial charge in [-0.05, 0) is 24.6 Å². The van der Waals surface area contributed by atoms with Gasteiger partial charge in [0, 0.05) is 43.3 Å². The van der Waals surface area contributed by atoms with Crippen LogP contribution in [0.2, 0.25) is 0 Å². The van der Waals surface area contributed by atoms with Crippen molar-refractivity contribution in [1.29, 1.82) is 0 Å². The topological polar surface area (TPSA) is 116 Å². The third-order valence-electron chi connectivity index (χ3n) is 4.63. The van der Waals surface area contributed by atoms with Gasteiger partial charge in [0.25, 0.3) is 0 Å². The first-order chi connectivity index (χ1) is 14.5. The summed E-state index contributed by atoms with van der Waals surface area (Å²) in [7, 11) is 0. The molecule has 4 rings (SSSR count). The number of nitrogens with one attached hydrogen (secondary N) is 1. The summed E-state index contributed by atoms with van der Waals surface area (Å²) in [4.78, 5) is 28.1. The van der Waals surface area contributed by atoms with Crippen molar-refractivity contribution in [3.63, 3.8) is 0 Å². The van der Waals surface area contributed by atoms with Crippen LogP contribution in [0.4, 0.5) is 5.13 Å². The Morgan fingerprint density at radius 2 is 1.55 bits per heavy atom. The molecule has 1 fully saturated rings. The molecule has 164 valence electrons. The zero-order valence-electron chi connectivity index (χ0n) is 16.8. The number of carboxylic acid groups (broad SMARTS) is 2. The lowest BCUT2D eigenvalue weighted by molar-refractivity contribution is 0.0696. The Labute approximate surface area is 190 Å². The molecular formula is C21H23ClN4O4S. The monoisotopic (exact) mass is 462 g/mol. The van der Waals surface area contributed by atoms with Crippen LogP contribution >= 0.6 is 23.9 Å². The van der Waals surface area contributed by atoms with Gasteiger partial charge in [-0.1, -0.05) is 36.4 Å². The Hall–Kier alpha value is -3.01. The number of carbonyl (C=O) groups is 2. The van der Waals surface area contributed by atoms with Gasteiger partial charge in [-0.15, -0.1) is 12.4 Å². The number of hydrogen-bond donors (Lipinski definition) is 3.